The summed E-state index contributed by atoms with van der Waals surface area (Å²) in [6, 6.07) is 11.3. The SMILES string of the molecule is CCN(CC)c1ccc(C(=O)N=c2sc3c(OC)ccc(OC)c3n2C)cc1. The number of hydrogen-bond donors (Lipinski definition) is 0. The molecule has 0 spiro atoms. The number of rotatable bonds is 6. The number of aromatic nitrogens is 1. The molecule has 1 heterocycles. The summed E-state index contributed by atoms with van der Waals surface area (Å²) in [6.45, 7) is 6.08. The van der Waals surface area contributed by atoms with Gasteiger partial charge in [-0.1, -0.05) is 11.3 Å². The van der Waals surface area contributed by atoms with Crippen molar-refractivity contribution < 1.29 is 14.3 Å². The molecule has 148 valence electrons. The van der Waals surface area contributed by atoms with E-state index in [-0.39, 0.29) is 5.91 Å². The van der Waals surface area contributed by atoms with Crippen LogP contribution in [0.15, 0.2) is 41.4 Å². The molecule has 0 atom stereocenters. The van der Waals surface area contributed by atoms with E-state index in [4.69, 9.17) is 9.47 Å². The van der Waals surface area contributed by atoms with Gasteiger partial charge in [-0.15, -0.1) is 0 Å². The summed E-state index contributed by atoms with van der Waals surface area (Å²) in [5.74, 6) is 1.17. The number of fused-ring (bicyclic) bond motifs is 1. The van der Waals surface area contributed by atoms with E-state index in [1.807, 2.05) is 48.0 Å². The summed E-state index contributed by atoms with van der Waals surface area (Å²) in [7, 11) is 5.12. The third-order valence-corrected chi connectivity index (χ3v) is 5.90. The lowest BCUT2D eigenvalue weighted by Gasteiger charge is -2.20. The van der Waals surface area contributed by atoms with E-state index < -0.39 is 0 Å². The highest BCUT2D eigenvalue weighted by molar-refractivity contribution is 7.16. The van der Waals surface area contributed by atoms with E-state index in [1.54, 1.807) is 14.2 Å². The number of hydrogen-bond acceptors (Lipinski definition) is 5. The van der Waals surface area contributed by atoms with E-state index in [0.717, 1.165) is 34.7 Å². The van der Waals surface area contributed by atoms with Crippen LogP contribution in [-0.2, 0) is 7.05 Å². The molecule has 0 fully saturated rings. The number of thiazole rings is 1. The fourth-order valence-electron chi connectivity index (χ4n) is 3.18. The second-order valence-electron chi connectivity index (χ2n) is 6.23. The Morgan fingerprint density at radius 2 is 1.64 bits per heavy atom. The highest BCUT2D eigenvalue weighted by Crippen LogP contribution is 2.34. The van der Waals surface area contributed by atoms with Crippen molar-refractivity contribution in [1.29, 1.82) is 0 Å². The van der Waals surface area contributed by atoms with Gasteiger partial charge in [-0.2, -0.15) is 4.99 Å². The molecule has 0 bridgehead atoms. The third-order valence-electron chi connectivity index (χ3n) is 4.75. The first-order valence-corrected chi connectivity index (χ1v) is 10.00. The lowest BCUT2D eigenvalue weighted by molar-refractivity contribution is 0.0998. The summed E-state index contributed by atoms with van der Waals surface area (Å²) < 4.78 is 13.7. The Hall–Kier alpha value is -2.80. The van der Waals surface area contributed by atoms with Crippen molar-refractivity contribution >= 4 is 33.1 Å². The minimum absolute atomic E-state index is 0.272. The second kappa shape index (κ2) is 8.48. The third kappa shape index (κ3) is 3.62. The van der Waals surface area contributed by atoms with Crippen molar-refractivity contribution in [3.8, 4) is 11.5 Å². The monoisotopic (exact) mass is 399 g/mol. The number of aryl methyl sites for hydroxylation is 1. The Morgan fingerprint density at radius 1 is 1.04 bits per heavy atom. The van der Waals surface area contributed by atoms with Crippen LogP contribution in [0.25, 0.3) is 10.2 Å². The molecule has 1 aromatic heterocycles. The van der Waals surface area contributed by atoms with Crippen LogP contribution in [-0.4, -0.2) is 37.8 Å². The van der Waals surface area contributed by atoms with Crippen molar-refractivity contribution in [3.63, 3.8) is 0 Å². The normalized spacial score (nSPS) is 11.7. The molecular weight excluding hydrogens is 374 g/mol. The van der Waals surface area contributed by atoms with Gasteiger partial charge < -0.3 is 18.9 Å². The summed E-state index contributed by atoms with van der Waals surface area (Å²) in [4.78, 5) is 19.9. The van der Waals surface area contributed by atoms with Crippen LogP contribution >= 0.6 is 11.3 Å². The number of benzene rings is 2. The van der Waals surface area contributed by atoms with Crippen LogP contribution in [0.4, 0.5) is 5.69 Å². The molecule has 28 heavy (non-hydrogen) atoms. The number of anilines is 1. The van der Waals surface area contributed by atoms with Crippen molar-refractivity contribution in [1.82, 2.24) is 4.57 Å². The van der Waals surface area contributed by atoms with Gasteiger partial charge in [0.2, 0.25) is 0 Å². The maximum Gasteiger partial charge on any atom is 0.279 e. The first-order chi connectivity index (χ1) is 13.5. The quantitative estimate of drug-likeness (QED) is 0.632. The number of ether oxygens (including phenoxy) is 2. The molecule has 6 nitrogen and oxygen atoms in total. The van der Waals surface area contributed by atoms with Crippen LogP contribution < -0.4 is 19.2 Å². The zero-order chi connectivity index (χ0) is 20.3. The molecule has 3 aromatic rings. The minimum Gasteiger partial charge on any atom is -0.495 e. The molecule has 0 aliphatic carbocycles. The number of methoxy groups -OCH3 is 2. The Balaban J connectivity index is 2.02. The Kier molecular flexibility index (Phi) is 6.04. The highest BCUT2D eigenvalue weighted by Gasteiger charge is 2.15. The summed E-state index contributed by atoms with van der Waals surface area (Å²) in [5.41, 5.74) is 2.52. The predicted molar refractivity (Wildman–Crippen MR) is 114 cm³/mol. The molecule has 0 saturated carbocycles. The number of nitrogens with zero attached hydrogens (tertiary/aromatic N) is 3. The molecule has 0 aliphatic rings. The van der Waals surface area contributed by atoms with Crippen LogP contribution in [0.3, 0.4) is 0 Å². The zero-order valence-corrected chi connectivity index (χ0v) is 17.7. The van der Waals surface area contributed by atoms with E-state index in [9.17, 15) is 4.79 Å². The summed E-state index contributed by atoms with van der Waals surface area (Å²) in [6.07, 6.45) is 0. The molecule has 0 radical (unpaired) electrons. The van der Waals surface area contributed by atoms with Gasteiger partial charge in [0.05, 0.1) is 14.2 Å². The number of carbonyl (C=O) groups is 1. The van der Waals surface area contributed by atoms with Crippen molar-refractivity contribution in [2.24, 2.45) is 12.0 Å². The maximum atomic E-state index is 12.7. The van der Waals surface area contributed by atoms with Crippen LogP contribution in [0.1, 0.15) is 24.2 Å². The molecule has 2 aromatic carbocycles. The van der Waals surface area contributed by atoms with Gasteiger partial charge in [0.1, 0.15) is 21.7 Å². The average molecular weight is 400 g/mol. The second-order valence-corrected chi connectivity index (χ2v) is 7.21. The van der Waals surface area contributed by atoms with Gasteiger partial charge in [-0.25, -0.2) is 0 Å². The van der Waals surface area contributed by atoms with Crippen LogP contribution in [0, 0.1) is 0 Å². The molecule has 0 unspecified atom stereocenters. The number of carbonyl (C=O) groups excluding carboxylic acids is 1. The molecule has 1 amide bonds. The van der Waals surface area contributed by atoms with Gasteiger partial charge >= 0.3 is 0 Å². The smallest absolute Gasteiger partial charge is 0.279 e. The first-order valence-electron chi connectivity index (χ1n) is 9.18. The molecule has 3 rings (SSSR count). The molecule has 0 aliphatic heterocycles. The Labute approximate surface area is 168 Å². The highest BCUT2D eigenvalue weighted by atomic mass is 32.1. The van der Waals surface area contributed by atoms with Gasteiger partial charge in [-0.05, 0) is 50.2 Å². The maximum absolute atomic E-state index is 12.7. The van der Waals surface area contributed by atoms with E-state index in [1.165, 1.54) is 11.3 Å². The number of amides is 1. The average Bonchev–Trinajstić information content (AvgIpc) is 3.05. The van der Waals surface area contributed by atoms with Crippen molar-refractivity contribution in [3.05, 3.63) is 46.8 Å². The molecule has 7 heteroatoms. The minimum atomic E-state index is -0.272. The van der Waals surface area contributed by atoms with Crippen LogP contribution in [0.2, 0.25) is 0 Å². The fourth-order valence-corrected chi connectivity index (χ4v) is 4.31. The topological polar surface area (TPSA) is 56.1 Å². The Bertz CT molecular complexity index is 1050. The van der Waals surface area contributed by atoms with Crippen molar-refractivity contribution in [2.45, 2.75) is 13.8 Å². The van der Waals surface area contributed by atoms with Crippen molar-refractivity contribution in [2.75, 3.05) is 32.2 Å². The van der Waals surface area contributed by atoms with E-state index in [0.29, 0.717) is 16.1 Å². The first kappa shape index (κ1) is 19.9. The van der Waals surface area contributed by atoms with Gasteiger partial charge in [0.25, 0.3) is 5.91 Å². The van der Waals surface area contributed by atoms with Gasteiger partial charge in [0.15, 0.2) is 4.80 Å². The molecule has 0 N–H and O–H groups in total. The predicted octanol–water partition coefficient (Wildman–Crippen LogP) is 3.84. The van der Waals surface area contributed by atoms with Crippen LogP contribution in [0.5, 0.6) is 11.5 Å². The zero-order valence-electron chi connectivity index (χ0n) is 16.9. The lowest BCUT2D eigenvalue weighted by Crippen LogP contribution is -2.21. The van der Waals surface area contributed by atoms with E-state index >= 15 is 0 Å². The largest absolute Gasteiger partial charge is 0.495 e. The standard InChI is InChI=1S/C21H25N3O3S/c1-6-24(7-2)15-10-8-14(9-11-15)20(25)22-21-23(3)18-16(26-4)12-13-17(27-5)19(18)28-21/h8-13H,6-7H2,1-5H3. The molecule has 0 saturated heterocycles. The lowest BCUT2D eigenvalue weighted by atomic mass is 10.2. The van der Waals surface area contributed by atoms with Gasteiger partial charge in [0, 0.05) is 31.4 Å². The Morgan fingerprint density at radius 3 is 2.21 bits per heavy atom. The van der Waals surface area contributed by atoms with Gasteiger partial charge in [-0.3, -0.25) is 4.79 Å². The fraction of sp³-hybridized carbons (Fsp3) is 0.333. The summed E-state index contributed by atoms with van der Waals surface area (Å²) in [5, 5.41) is 0. The molecular formula is C21H25N3O3S. The van der Waals surface area contributed by atoms with E-state index in [2.05, 4.69) is 23.7 Å². The summed E-state index contributed by atoms with van der Waals surface area (Å²) >= 11 is 1.41.